The van der Waals surface area contributed by atoms with Gasteiger partial charge in [0.2, 0.25) is 5.91 Å². The standard InChI is InChI=1S/C25H30N4O2/c1-28(18-19-8-3-2-4-9-19)17-7-16-26-24(30)15-14-23-27-22-11-6-5-10-21(22)25(31)29(23)20-12-13-20/h2-6,8-11,20H,7,12-18H2,1H3,(H,26,30). The number of para-hydroxylation sites is 1. The van der Waals surface area contributed by atoms with E-state index in [0.717, 1.165) is 38.2 Å². The molecular weight excluding hydrogens is 388 g/mol. The molecule has 0 radical (unpaired) electrons. The molecule has 1 aliphatic carbocycles. The highest BCUT2D eigenvalue weighted by Gasteiger charge is 2.28. The van der Waals surface area contributed by atoms with Crippen LogP contribution in [0.4, 0.5) is 0 Å². The van der Waals surface area contributed by atoms with Gasteiger partial charge in [-0.15, -0.1) is 0 Å². The molecule has 3 aromatic rings. The summed E-state index contributed by atoms with van der Waals surface area (Å²) in [6.07, 6.45) is 3.75. The molecule has 162 valence electrons. The van der Waals surface area contributed by atoms with E-state index in [1.165, 1.54) is 5.56 Å². The Kier molecular flexibility index (Phi) is 6.77. The van der Waals surface area contributed by atoms with Crippen LogP contribution in [0.2, 0.25) is 0 Å². The van der Waals surface area contributed by atoms with Gasteiger partial charge in [-0.2, -0.15) is 0 Å². The number of aromatic nitrogens is 2. The quantitative estimate of drug-likeness (QED) is 0.513. The third-order valence-corrected chi connectivity index (χ3v) is 5.70. The van der Waals surface area contributed by atoms with Crippen molar-refractivity contribution in [1.82, 2.24) is 19.8 Å². The van der Waals surface area contributed by atoms with E-state index >= 15 is 0 Å². The Morgan fingerprint density at radius 2 is 1.87 bits per heavy atom. The van der Waals surface area contributed by atoms with E-state index in [1.807, 2.05) is 34.9 Å². The molecule has 0 unspecified atom stereocenters. The smallest absolute Gasteiger partial charge is 0.261 e. The SMILES string of the molecule is CN(CCCNC(=O)CCc1nc2ccccc2c(=O)n1C1CC1)Cc1ccccc1. The molecule has 1 aliphatic rings. The number of rotatable bonds is 10. The van der Waals surface area contributed by atoms with Gasteiger partial charge >= 0.3 is 0 Å². The first-order chi connectivity index (χ1) is 15.1. The zero-order valence-corrected chi connectivity index (χ0v) is 18.1. The van der Waals surface area contributed by atoms with Crippen molar-refractivity contribution < 1.29 is 4.79 Å². The van der Waals surface area contributed by atoms with Gasteiger partial charge in [0.15, 0.2) is 0 Å². The molecule has 4 rings (SSSR count). The number of carbonyl (C=O) groups is 1. The van der Waals surface area contributed by atoms with Crippen LogP contribution in [0, 0.1) is 0 Å². The second-order valence-corrected chi connectivity index (χ2v) is 8.38. The van der Waals surface area contributed by atoms with Crippen molar-refractivity contribution in [3.05, 3.63) is 76.3 Å². The summed E-state index contributed by atoms with van der Waals surface area (Å²) >= 11 is 0. The van der Waals surface area contributed by atoms with Crippen molar-refractivity contribution in [2.45, 2.75) is 44.7 Å². The first kappa shape index (κ1) is 21.2. The maximum Gasteiger partial charge on any atom is 0.261 e. The summed E-state index contributed by atoms with van der Waals surface area (Å²) in [6.45, 7) is 2.47. The van der Waals surface area contributed by atoms with Crippen LogP contribution in [0.15, 0.2) is 59.4 Å². The maximum atomic E-state index is 12.9. The Balaban J connectivity index is 1.26. The molecule has 1 fully saturated rings. The van der Waals surface area contributed by atoms with Gasteiger partial charge in [0.25, 0.3) is 5.56 Å². The number of carbonyl (C=O) groups excluding carboxylic acids is 1. The number of aryl methyl sites for hydroxylation is 1. The van der Waals surface area contributed by atoms with Crippen LogP contribution in [0.3, 0.4) is 0 Å². The van der Waals surface area contributed by atoms with Crippen molar-refractivity contribution in [3.8, 4) is 0 Å². The summed E-state index contributed by atoms with van der Waals surface area (Å²) in [6, 6.07) is 18.1. The van der Waals surface area contributed by atoms with Gasteiger partial charge < -0.3 is 10.2 Å². The van der Waals surface area contributed by atoms with Gasteiger partial charge in [-0.3, -0.25) is 14.2 Å². The maximum absolute atomic E-state index is 12.9. The number of amides is 1. The molecule has 1 aromatic heterocycles. The molecule has 1 amide bonds. The molecule has 0 aliphatic heterocycles. The van der Waals surface area contributed by atoms with Gasteiger partial charge in [-0.25, -0.2) is 4.98 Å². The number of benzene rings is 2. The summed E-state index contributed by atoms with van der Waals surface area (Å²) in [5.74, 6) is 0.736. The highest BCUT2D eigenvalue weighted by Crippen LogP contribution is 2.34. The van der Waals surface area contributed by atoms with Gasteiger partial charge in [-0.05, 0) is 50.6 Å². The zero-order chi connectivity index (χ0) is 21.6. The number of nitrogens with one attached hydrogen (secondary N) is 1. The summed E-state index contributed by atoms with van der Waals surface area (Å²) in [5, 5.41) is 3.66. The molecule has 1 heterocycles. The molecule has 2 aromatic carbocycles. The fraction of sp³-hybridized carbons (Fsp3) is 0.400. The van der Waals surface area contributed by atoms with E-state index in [-0.39, 0.29) is 17.5 Å². The van der Waals surface area contributed by atoms with Crippen LogP contribution in [-0.2, 0) is 17.8 Å². The predicted molar refractivity (Wildman–Crippen MR) is 123 cm³/mol. The Morgan fingerprint density at radius 3 is 2.65 bits per heavy atom. The lowest BCUT2D eigenvalue weighted by Crippen LogP contribution is -2.29. The monoisotopic (exact) mass is 418 g/mol. The third kappa shape index (κ3) is 5.58. The van der Waals surface area contributed by atoms with Crippen LogP contribution >= 0.6 is 0 Å². The van der Waals surface area contributed by atoms with Gasteiger partial charge in [0, 0.05) is 32.0 Å². The van der Waals surface area contributed by atoms with Crippen molar-refractivity contribution in [3.63, 3.8) is 0 Å². The van der Waals surface area contributed by atoms with Crippen molar-refractivity contribution in [2.75, 3.05) is 20.1 Å². The minimum atomic E-state index is 0.00969. The molecule has 0 saturated heterocycles. The van der Waals surface area contributed by atoms with Gasteiger partial charge in [-0.1, -0.05) is 42.5 Å². The van der Waals surface area contributed by atoms with E-state index in [2.05, 4.69) is 41.5 Å². The Hall–Kier alpha value is -2.99. The first-order valence-electron chi connectivity index (χ1n) is 11.1. The normalized spacial score (nSPS) is 13.6. The van der Waals surface area contributed by atoms with E-state index in [1.54, 1.807) is 0 Å². The van der Waals surface area contributed by atoms with E-state index < -0.39 is 0 Å². The van der Waals surface area contributed by atoms with Crippen molar-refractivity contribution >= 4 is 16.8 Å². The van der Waals surface area contributed by atoms with Crippen LogP contribution in [0.5, 0.6) is 0 Å². The Morgan fingerprint density at radius 1 is 1.13 bits per heavy atom. The predicted octanol–water partition coefficient (Wildman–Crippen LogP) is 3.30. The minimum Gasteiger partial charge on any atom is -0.356 e. The fourth-order valence-electron chi connectivity index (χ4n) is 3.94. The second kappa shape index (κ2) is 9.88. The topological polar surface area (TPSA) is 67.2 Å². The lowest BCUT2D eigenvalue weighted by Gasteiger charge is -2.17. The Labute approximate surface area is 182 Å². The molecule has 6 heteroatoms. The molecule has 0 bridgehead atoms. The summed E-state index contributed by atoms with van der Waals surface area (Å²) < 4.78 is 1.81. The highest BCUT2D eigenvalue weighted by atomic mass is 16.1. The molecule has 0 spiro atoms. The molecule has 1 saturated carbocycles. The summed E-state index contributed by atoms with van der Waals surface area (Å²) in [5.41, 5.74) is 2.02. The average molecular weight is 419 g/mol. The minimum absolute atomic E-state index is 0.00969. The number of nitrogens with zero attached hydrogens (tertiary/aromatic N) is 3. The van der Waals surface area contributed by atoms with Crippen LogP contribution in [-0.4, -0.2) is 40.5 Å². The van der Waals surface area contributed by atoms with E-state index in [4.69, 9.17) is 4.98 Å². The molecular formula is C25H30N4O2. The largest absolute Gasteiger partial charge is 0.356 e. The van der Waals surface area contributed by atoms with Crippen LogP contribution in [0.25, 0.3) is 10.9 Å². The number of hydrogen-bond donors (Lipinski definition) is 1. The lowest BCUT2D eigenvalue weighted by atomic mass is 10.2. The highest BCUT2D eigenvalue weighted by molar-refractivity contribution is 5.78. The fourth-order valence-corrected chi connectivity index (χ4v) is 3.94. The van der Waals surface area contributed by atoms with Crippen molar-refractivity contribution in [1.29, 1.82) is 0 Å². The van der Waals surface area contributed by atoms with Gasteiger partial charge in [0.1, 0.15) is 5.82 Å². The van der Waals surface area contributed by atoms with Crippen molar-refractivity contribution in [2.24, 2.45) is 0 Å². The average Bonchev–Trinajstić information content (AvgIpc) is 3.61. The van der Waals surface area contributed by atoms with Gasteiger partial charge in [0.05, 0.1) is 10.9 Å². The van der Waals surface area contributed by atoms with Crippen LogP contribution in [0.1, 0.15) is 43.1 Å². The summed E-state index contributed by atoms with van der Waals surface area (Å²) in [4.78, 5) is 32.2. The number of hydrogen-bond acceptors (Lipinski definition) is 4. The molecule has 0 atom stereocenters. The molecule has 31 heavy (non-hydrogen) atoms. The molecule has 1 N–H and O–H groups in total. The first-order valence-corrected chi connectivity index (χ1v) is 11.1. The summed E-state index contributed by atoms with van der Waals surface area (Å²) in [7, 11) is 2.09. The van der Waals surface area contributed by atoms with E-state index in [0.29, 0.717) is 30.3 Å². The Bertz CT molecular complexity index is 1090. The lowest BCUT2D eigenvalue weighted by molar-refractivity contribution is -0.121. The second-order valence-electron chi connectivity index (χ2n) is 8.38. The van der Waals surface area contributed by atoms with Crippen LogP contribution < -0.4 is 10.9 Å². The number of fused-ring (bicyclic) bond motifs is 1. The van der Waals surface area contributed by atoms with E-state index in [9.17, 15) is 9.59 Å². The molecule has 6 nitrogen and oxygen atoms in total. The zero-order valence-electron chi connectivity index (χ0n) is 18.1. The third-order valence-electron chi connectivity index (χ3n) is 5.70.